The first kappa shape index (κ1) is 78.0. The van der Waals surface area contributed by atoms with Crippen LogP contribution in [0.3, 0.4) is 0 Å². The van der Waals surface area contributed by atoms with Gasteiger partial charge in [-0.2, -0.15) is 0 Å². The van der Waals surface area contributed by atoms with E-state index in [1.807, 2.05) is 0 Å². The molecule has 1 atom stereocenters. The monoisotopic (exact) mass is 1190 g/mol. The van der Waals surface area contributed by atoms with Gasteiger partial charge in [-0.05, 0) is 26.2 Å². The van der Waals surface area contributed by atoms with E-state index in [0.29, 0.717) is 32.8 Å². The molecular formula is C56H102N6O21. The fourth-order valence-corrected chi connectivity index (χ4v) is 7.42. The van der Waals surface area contributed by atoms with Crippen LogP contribution in [0.15, 0.2) is 0 Å². The van der Waals surface area contributed by atoms with E-state index >= 15 is 0 Å². The summed E-state index contributed by atoms with van der Waals surface area (Å²) in [6.07, 6.45) is 18.1. The first-order valence-corrected chi connectivity index (χ1v) is 29.6. The Bertz CT molecular complexity index is 1680. The predicted octanol–water partition coefficient (Wildman–Crippen LogP) is 1.78. The molecule has 6 amide bonds. The van der Waals surface area contributed by atoms with E-state index < -0.39 is 18.0 Å². The van der Waals surface area contributed by atoms with Crippen molar-refractivity contribution in [3.05, 3.63) is 0 Å². The topological polar surface area (TPSA) is 359 Å². The summed E-state index contributed by atoms with van der Waals surface area (Å²) in [4.78, 5) is 105. The molecule has 27 nitrogen and oxygen atoms in total. The van der Waals surface area contributed by atoms with E-state index in [0.717, 1.165) is 38.5 Å². The number of amides is 6. The number of hydrogen-bond donors (Lipinski definition) is 8. The minimum Gasteiger partial charge on any atom is -0.481 e. The van der Waals surface area contributed by atoms with Crippen molar-refractivity contribution in [2.75, 3.05) is 165 Å². The van der Waals surface area contributed by atoms with Crippen molar-refractivity contribution in [1.29, 1.82) is 0 Å². The largest absolute Gasteiger partial charge is 0.481 e. The normalized spacial score (nSPS) is 11.4. The summed E-state index contributed by atoms with van der Waals surface area (Å²) >= 11 is 0. The highest BCUT2D eigenvalue weighted by Gasteiger charge is 2.21. The van der Waals surface area contributed by atoms with Gasteiger partial charge in [-0.3, -0.25) is 38.4 Å². The highest BCUT2D eigenvalue weighted by Crippen LogP contribution is 2.14. The number of carboxylic acid groups (broad SMARTS) is 2. The quantitative estimate of drug-likeness (QED) is 0.0402. The molecule has 0 radical (unpaired) electrons. The van der Waals surface area contributed by atoms with Crippen LogP contribution in [-0.4, -0.2) is 234 Å². The number of ether oxygens (including phenoxy) is 10. The second-order valence-corrected chi connectivity index (χ2v) is 19.3. The standard InChI is InChI=1S/C56H102N6O21/c1-47(63)42-79-37-32-75-28-23-58-51(66)44-81-39-34-77-30-25-60-53(68)46-83-41-36-78-31-26-61-54(69)45-82-40-35-76-29-24-59-52(67)43-80-38-33-74-27-22-57-49(64)21-20-48(56(72)73)62-50(65)18-16-14-12-10-8-6-4-2-3-5-7-9-11-13-15-17-19-55(70)71/h48H,2-46H2,1H3,(H,57,64)(H,58,66)(H,59,67)(H,60,68)(H,61,69)(H,62,65)(H,70,71)(H,72,73)/t48-/m0/s1. The third-order valence-corrected chi connectivity index (χ3v) is 11.8. The van der Waals surface area contributed by atoms with Crippen molar-refractivity contribution in [3.63, 3.8) is 0 Å². The molecule has 0 aliphatic carbocycles. The average molecular weight is 1200 g/mol. The fourth-order valence-electron chi connectivity index (χ4n) is 7.42. The zero-order valence-electron chi connectivity index (χ0n) is 49.5. The molecule has 27 heteroatoms. The van der Waals surface area contributed by atoms with Crippen molar-refractivity contribution >= 4 is 53.2 Å². The summed E-state index contributed by atoms with van der Waals surface area (Å²) < 4.78 is 53.0. The highest BCUT2D eigenvalue weighted by molar-refractivity contribution is 5.84. The Hall–Kier alpha value is -4.97. The number of carbonyl (C=O) groups excluding carboxylic acids is 7. The van der Waals surface area contributed by atoms with E-state index in [2.05, 4.69) is 31.9 Å². The molecule has 0 bridgehead atoms. The molecule has 0 spiro atoms. The number of ketones is 1. The van der Waals surface area contributed by atoms with Gasteiger partial charge in [-0.1, -0.05) is 89.9 Å². The van der Waals surface area contributed by atoms with Gasteiger partial charge >= 0.3 is 11.9 Å². The lowest BCUT2D eigenvalue weighted by molar-refractivity contribution is -0.142. The van der Waals surface area contributed by atoms with E-state index in [9.17, 15) is 48.3 Å². The second kappa shape index (κ2) is 60.2. The van der Waals surface area contributed by atoms with E-state index in [1.54, 1.807) is 0 Å². The van der Waals surface area contributed by atoms with Gasteiger partial charge in [0.2, 0.25) is 35.4 Å². The van der Waals surface area contributed by atoms with E-state index in [4.69, 9.17) is 52.5 Å². The maximum Gasteiger partial charge on any atom is 0.326 e. The Morgan fingerprint density at radius 1 is 0.301 bits per heavy atom. The Kier molecular flexibility index (Phi) is 56.6. The van der Waals surface area contributed by atoms with Gasteiger partial charge in [-0.15, -0.1) is 0 Å². The molecule has 0 aromatic heterocycles. The number of carboxylic acids is 2. The summed E-state index contributed by atoms with van der Waals surface area (Å²) in [5.74, 6) is -3.95. The Balaban J connectivity index is 3.56. The molecule has 0 unspecified atom stereocenters. The van der Waals surface area contributed by atoms with E-state index in [1.165, 1.54) is 64.7 Å². The molecule has 8 N–H and O–H groups in total. The summed E-state index contributed by atoms with van der Waals surface area (Å²) in [6.45, 7) is 5.50. The minimum absolute atomic E-state index is 0.0381. The van der Waals surface area contributed by atoms with Crippen LogP contribution >= 0.6 is 0 Å². The lowest BCUT2D eigenvalue weighted by Crippen LogP contribution is -2.41. The van der Waals surface area contributed by atoms with Crippen molar-refractivity contribution in [3.8, 4) is 0 Å². The van der Waals surface area contributed by atoms with Gasteiger partial charge in [-0.25, -0.2) is 4.79 Å². The Labute approximate surface area is 490 Å². The summed E-state index contributed by atoms with van der Waals surface area (Å²) in [5.41, 5.74) is 0. The first-order chi connectivity index (χ1) is 40.3. The van der Waals surface area contributed by atoms with Crippen LogP contribution in [0.25, 0.3) is 0 Å². The number of aliphatic carboxylic acids is 2. The van der Waals surface area contributed by atoms with Crippen molar-refractivity contribution < 1.29 is 101 Å². The number of Topliss-reactive ketones (excluding diaryl/α,β-unsaturated/α-hetero) is 1. The van der Waals surface area contributed by atoms with Crippen LogP contribution in [0.4, 0.5) is 0 Å². The van der Waals surface area contributed by atoms with Crippen molar-refractivity contribution in [2.45, 2.75) is 141 Å². The zero-order chi connectivity index (χ0) is 60.9. The summed E-state index contributed by atoms with van der Waals surface area (Å²) in [6, 6.07) is -1.15. The molecule has 0 aliphatic rings. The molecule has 0 saturated heterocycles. The van der Waals surface area contributed by atoms with Gasteiger partial charge in [0.05, 0.1) is 99.1 Å². The van der Waals surface area contributed by atoms with Crippen LogP contribution in [-0.2, 0) is 90.5 Å². The average Bonchev–Trinajstić information content (AvgIpc) is 3.45. The number of rotatable bonds is 64. The molecule has 0 fully saturated rings. The van der Waals surface area contributed by atoms with Crippen LogP contribution in [0.2, 0.25) is 0 Å². The summed E-state index contributed by atoms with van der Waals surface area (Å²) in [5, 5.41) is 34.0. The number of hydrogen-bond acceptors (Lipinski definition) is 19. The molecule has 0 aromatic carbocycles. The lowest BCUT2D eigenvalue weighted by Gasteiger charge is -2.14. The van der Waals surface area contributed by atoms with Gasteiger partial charge in [0.15, 0.2) is 5.78 Å². The summed E-state index contributed by atoms with van der Waals surface area (Å²) in [7, 11) is 0. The lowest BCUT2D eigenvalue weighted by atomic mass is 10.0. The molecule has 482 valence electrons. The maximum absolute atomic E-state index is 12.4. The second-order valence-electron chi connectivity index (χ2n) is 19.3. The molecule has 0 aliphatic heterocycles. The van der Waals surface area contributed by atoms with Gasteiger partial charge in [0.1, 0.15) is 39.1 Å². The first-order valence-electron chi connectivity index (χ1n) is 29.6. The number of carbonyl (C=O) groups is 9. The van der Waals surface area contributed by atoms with Gasteiger partial charge in [0, 0.05) is 52.0 Å². The predicted molar refractivity (Wildman–Crippen MR) is 303 cm³/mol. The van der Waals surface area contributed by atoms with E-state index in [-0.39, 0.29) is 205 Å². The minimum atomic E-state index is -1.19. The molecule has 0 rings (SSSR count). The number of nitrogens with one attached hydrogen (secondary N) is 6. The highest BCUT2D eigenvalue weighted by atomic mass is 16.5. The zero-order valence-corrected chi connectivity index (χ0v) is 49.5. The molecule has 83 heavy (non-hydrogen) atoms. The Morgan fingerprint density at radius 3 is 0.855 bits per heavy atom. The molecule has 0 saturated carbocycles. The third kappa shape index (κ3) is 61.4. The van der Waals surface area contributed by atoms with Crippen LogP contribution in [0.5, 0.6) is 0 Å². The molecular weight excluding hydrogens is 1090 g/mol. The van der Waals surface area contributed by atoms with Crippen LogP contribution in [0.1, 0.15) is 135 Å². The SMILES string of the molecule is CC(=O)COCCOCCNC(=O)COCCOCCNC(=O)COCCOCCNC(=O)COCCOCCNC(=O)COCCOCCNC(=O)CC[C@H](NC(=O)CCCCCCCCCCCCCCCCCCC(=O)O)C(=O)O. The van der Waals surface area contributed by atoms with Crippen LogP contribution in [0, 0.1) is 0 Å². The van der Waals surface area contributed by atoms with Gasteiger partial charge in [0.25, 0.3) is 0 Å². The molecule has 0 aromatic rings. The van der Waals surface area contributed by atoms with Gasteiger partial charge < -0.3 is 89.5 Å². The number of unbranched alkanes of at least 4 members (excludes halogenated alkanes) is 15. The Morgan fingerprint density at radius 2 is 0.566 bits per heavy atom. The fraction of sp³-hybridized carbons (Fsp3) is 0.839. The smallest absolute Gasteiger partial charge is 0.326 e. The van der Waals surface area contributed by atoms with Crippen LogP contribution < -0.4 is 31.9 Å². The van der Waals surface area contributed by atoms with Crippen molar-refractivity contribution in [1.82, 2.24) is 31.9 Å². The maximum atomic E-state index is 12.4. The van der Waals surface area contributed by atoms with Crippen molar-refractivity contribution in [2.24, 2.45) is 0 Å². The third-order valence-electron chi connectivity index (χ3n) is 11.8. The molecule has 0 heterocycles.